The van der Waals surface area contributed by atoms with E-state index in [9.17, 15) is 5.11 Å². The number of fused-ring (bicyclic) bond motifs is 1. The summed E-state index contributed by atoms with van der Waals surface area (Å²) in [5.74, 6) is 1.18. The standard InChI is InChI=1S/C32H26O2/c1-3-22-5-7-24(8-6-22)9-10-25-13-20-30-29(21-25)31(26-14-11-23(4-2)12-15-26)32(34-30)27-16-18-28(33)19-17-27/h3-21,31-33H,1-2H2/b10-9+/t31-,32+/m1/s1. The van der Waals surface area contributed by atoms with Gasteiger partial charge in [0.25, 0.3) is 0 Å². The van der Waals surface area contributed by atoms with Crippen molar-refractivity contribution in [3.05, 3.63) is 143 Å². The summed E-state index contributed by atoms with van der Waals surface area (Å²) in [7, 11) is 0. The van der Waals surface area contributed by atoms with Crippen molar-refractivity contribution in [1.82, 2.24) is 0 Å². The van der Waals surface area contributed by atoms with Gasteiger partial charge in [-0.15, -0.1) is 0 Å². The van der Waals surface area contributed by atoms with Crippen LogP contribution in [0.5, 0.6) is 11.5 Å². The van der Waals surface area contributed by atoms with Crippen molar-refractivity contribution in [3.63, 3.8) is 0 Å². The normalized spacial score (nSPS) is 16.7. The molecule has 166 valence electrons. The van der Waals surface area contributed by atoms with E-state index in [2.05, 4.69) is 92.0 Å². The summed E-state index contributed by atoms with van der Waals surface area (Å²) < 4.78 is 6.46. The molecule has 0 aromatic heterocycles. The lowest BCUT2D eigenvalue weighted by Gasteiger charge is -2.20. The SMILES string of the molecule is C=Cc1ccc(/C=C/c2ccc3c(c2)[C@@H](c2ccc(C=C)cc2)[C@H](c2ccc(O)cc2)O3)cc1. The Labute approximate surface area is 200 Å². The van der Waals surface area contributed by atoms with Crippen LogP contribution in [0.2, 0.25) is 0 Å². The van der Waals surface area contributed by atoms with E-state index >= 15 is 0 Å². The van der Waals surface area contributed by atoms with E-state index in [1.165, 1.54) is 5.56 Å². The molecule has 2 nitrogen and oxygen atoms in total. The largest absolute Gasteiger partial charge is 0.508 e. The highest BCUT2D eigenvalue weighted by molar-refractivity contribution is 5.71. The smallest absolute Gasteiger partial charge is 0.135 e. The van der Waals surface area contributed by atoms with Crippen LogP contribution in [-0.2, 0) is 0 Å². The number of phenols is 1. The quantitative estimate of drug-likeness (QED) is 0.306. The van der Waals surface area contributed by atoms with E-state index < -0.39 is 0 Å². The van der Waals surface area contributed by atoms with Crippen LogP contribution in [0.15, 0.2) is 104 Å². The Hall–Kier alpha value is -4.30. The van der Waals surface area contributed by atoms with Crippen LogP contribution in [-0.4, -0.2) is 5.11 Å². The molecule has 34 heavy (non-hydrogen) atoms. The first-order valence-electron chi connectivity index (χ1n) is 11.4. The highest BCUT2D eigenvalue weighted by atomic mass is 16.5. The minimum atomic E-state index is -0.171. The summed E-state index contributed by atoms with van der Waals surface area (Å²) in [6.45, 7) is 7.68. The summed E-state index contributed by atoms with van der Waals surface area (Å²) in [5.41, 5.74) is 7.83. The molecule has 1 aliphatic rings. The molecule has 2 heteroatoms. The summed E-state index contributed by atoms with van der Waals surface area (Å²) >= 11 is 0. The molecule has 0 saturated carbocycles. The van der Waals surface area contributed by atoms with Gasteiger partial charge in [-0.1, -0.05) is 104 Å². The molecule has 0 amide bonds. The number of benzene rings is 4. The van der Waals surface area contributed by atoms with Crippen LogP contribution in [0.4, 0.5) is 0 Å². The maximum Gasteiger partial charge on any atom is 0.135 e. The number of ether oxygens (including phenoxy) is 1. The van der Waals surface area contributed by atoms with Gasteiger partial charge in [-0.3, -0.25) is 0 Å². The van der Waals surface area contributed by atoms with Crippen molar-refractivity contribution < 1.29 is 9.84 Å². The van der Waals surface area contributed by atoms with Crippen LogP contribution in [0, 0.1) is 0 Å². The van der Waals surface area contributed by atoms with E-state index in [0.29, 0.717) is 0 Å². The topological polar surface area (TPSA) is 29.5 Å². The third-order valence-electron chi connectivity index (χ3n) is 6.32. The first kappa shape index (κ1) is 21.5. The number of rotatable bonds is 6. The number of aromatic hydroxyl groups is 1. The summed E-state index contributed by atoms with van der Waals surface area (Å²) in [6.07, 6.45) is 7.78. The number of phenolic OH excluding ortho intramolecular Hbond substituents is 1. The van der Waals surface area contributed by atoms with E-state index in [0.717, 1.165) is 39.1 Å². The Kier molecular flexibility index (Phi) is 5.88. The zero-order chi connectivity index (χ0) is 23.5. The second-order valence-corrected chi connectivity index (χ2v) is 8.48. The van der Waals surface area contributed by atoms with E-state index in [4.69, 9.17) is 4.74 Å². The van der Waals surface area contributed by atoms with Gasteiger partial charge in [0, 0.05) is 5.56 Å². The highest BCUT2D eigenvalue weighted by Gasteiger charge is 2.36. The fraction of sp³-hybridized carbons (Fsp3) is 0.0625. The van der Waals surface area contributed by atoms with Gasteiger partial charge in [0.15, 0.2) is 0 Å². The molecule has 0 saturated heterocycles. The average Bonchev–Trinajstić information content (AvgIpc) is 3.27. The summed E-state index contributed by atoms with van der Waals surface area (Å²) in [6, 6.07) is 30.4. The Morgan fingerprint density at radius 3 is 1.79 bits per heavy atom. The van der Waals surface area contributed by atoms with Crippen LogP contribution >= 0.6 is 0 Å². The van der Waals surface area contributed by atoms with Gasteiger partial charge in [0.2, 0.25) is 0 Å². The van der Waals surface area contributed by atoms with Gasteiger partial charge in [-0.2, -0.15) is 0 Å². The van der Waals surface area contributed by atoms with Gasteiger partial charge in [-0.25, -0.2) is 0 Å². The summed E-state index contributed by atoms with van der Waals surface area (Å²) in [5, 5.41) is 9.77. The van der Waals surface area contributed by atoms with Crippen molar-refractivity contribution in [2.24, 2.45) is 0 Å². The number of hydrogen-bond acceptors (Lipinski definition) is 2. The monoisotopic (exact) mass is 442 g/mol. The Balaban J connectivity index is 1.52. The van der Waals surface area contributed by atoms with Gasteiger partial charge in [0.05, 0.1) is 5.92 Å². The summed E-state index contributed by atoms with van der Waals surface area (Å²) in [4.78, 5) is 0. The van der Waals surface area contributed by atoms with Crippen molar-refractivity contribution in [3.8, 4) is 11.5 Å². The molecule has 1 aliphatic heterocycles. The van der Waals surface area contributed by atoms with Crippen molar-refractivity contribution in [1.29, 1.82) is 0 Å². The molecule has 0 bridgehead atoms. The van der Waals surface area contributed by atoms with Gasteiger partial charge >= 0.3 is 0 Å². The molecule has 0 aliphatic carbocycles. The molecule has 1 N–H and O–H groups in total. The molecule has 5 rings (SSSR count). The maximum atomic E-state index is 9.77. The molecule has 0 radical (unpaired) electrons. The molecule has 4 aromatic rings. The minimum Gasteiger partial charge on any atom is -0.508 e. The molecular weight excluding hydrogens is 416 g/mol. The Morgan fingerprint density at radius 2 is 1.15 bits per heavy atom. The molecule has 4 aromatic carbocycles. The number of hydrogen-bond donors (Lipinski definition) is 1. The Bertz CT molecular complexity index is 1340. The average molecular weight is 443 g/mol. The zero-order valence-corrected chi connectivity index (χ0v) is 18.9. The van der Waals surface area contributed by atoms with Crippen LogP contribution in [0.25, 0.3) is 24.3 Å². The minimum absolute atomic E-state index is 0.0404. The predicted octanol–water partition coefficient (Wildman–Crippen LogP) is 8.11. The van der Waals surface area contributed by atoms with Crippen LogP contribution in [0.1, 0.15) is 51.0 Å². The lowest BCUT2D eigenvalue weighted by atomic mass is 9.84. The molecule has 1 heterocycles. The lowest BCUT2D eigenvalue weighted by Crippen LogP contribution is -2.11. The fourth-order valence-electron chi connectivity index (χ4n) is 4.44. The van der Waals surface area contributed by atoms with Gasteiger partial charge < -0.3 is 9.84 Å². The lowest BCUT2D eigenvalue weighted by molar-refractivity contribution is 0.222. The van der Waals surface area contributed by atoms with Gasteiger partial charge in [0.1, 0.15) is 17.6 Å². The highest BCUT2D eigenvalue weighted by Crippen LogP contribution is 2.50. The molecule has 2 atom stereocenters. The second-order valence-electron chi connectivity index (χ2n) is 8.48. The first-order valence-corrected chi connectivity index (χ1v) is 11.4. The molecule has 0 fully saturated rings. The first-order chi connectivity index (χ1) is 16.6. The third-order valence-corrected chi connectivity index (χ3v) is 6.32. The van der Waals surface area contributed by atoms with Crippen LogP contribution < -0.4 is 4.74 Å². The third kappa shape index (κ3) is 4.31. The second kappa shape index (κ2) is 9.29. The maximum absolute atomic E-state index is 9.77. The van der Waals surface area contributed by atoms with E-state index in [1.54, 1.807) is 12.1 Å². The van der Waals surface area contributed by atoms with E-state index in [-0.39, 0.29) is 17.8 Å². The molecule has 0 spiro atoms. The Morgan fingerprint density at radius 1 is 0.618 bits per heavy atom. The predicted molar refractivity (Wildman–Crippen MR) is 142 cm³/mol. The van der Waals surface area contributed by atoms with Crippen molar-refractivity contribution in [2.75, 3.05) is 0 Å². The van der Waals surface area contributed by atoms with Gasteiger partial charge in [-0.05, 0) is 57.6 Å². The fourth-order valence-corrected chi connectivity index (χ4v) is 4.44. The molecule has 0 unspecified atom stereocenters. The van der Waals surface area contributed by atoms with Crippen molar-refractivity contribution >= 4 is 24.3 Å². The van der Waals surface area contributed by atoms with E-state index in [1.807, 2.05) is 24.3 Å². The van der Waals surface area contributed by atoms with Crippen LogP contribution in [0.3, 0.4) is 0 Å². The van der Waals surface area contributed by atoms with Crippen molar-refractivity contribution in [2.45, 2.75) is 12.0 Å². The zero-order valence-electron chi connectivity index (χ0n) is 18.9. The molecular formula is C32H26O2.